The van der Waals surface area contributed by atoms with Crippen molar-refractivity contribution in [1.29, 1.82) is 0 Å². The highest BCUT2D eigenvalue weighted by Gasteiger charge is 2.06. The summed E-state index contributed by atoms with van der Waals surface area (Å²) in [6, 6.07) is 1.59. The van der Waals surface area contributed by atoms with Gasteiger partial charge < -0.3 is 10.3 Å². The van der Waals surface area contributed by atoms with Crippen LogP contribution in [0.2, 0.25) is 0 Å². The molecule has 0 atom stereocenters. The van der Waals surface area contributed by atoms with Crippen LogP contribution in [0.4, 0.5) is 5.82 Å². The lowest BCUT2D eigenvalue weighted by atomic mass is 10.4. The Morgan fingerprint density at radius 2 is 2.46 bits per heavy atom. The molecule has 0 aromatic carbocycles. The maximum atomic E-state index is 11.3. The Bertz CT molecular complexity index is 377. The molecule has 13 heavy (non-hydrogen) atoms. The number of carbonyl (C=O) groups is 1. The number of hydrogen-bond acceptors (Lipinski definition) is 3. The van der Waals surface area contributed by atoms with Crippen LogP contribution in [0.5, 0.6) is 0 Å². The predicted octanol–water partition coefficient (Wildman–Crippen LogP) is 0.385. The number of imidazole rings is 1. The lowest BCUT2D eigenvalue weighted by molar-refractivity contribution is 0.102. The Morgan fingerprint density at radius 1 is 1.54 bits per heavy atom. The number of H-pyrrole nitrogens is 2. The number of carbonyl (C=O) groups excluding carboxylic acids is 1. The molecule has 0 radical (unpaired) electrons. The molecule has 0 aliphatic rings. The quantitative estimate of drug-likeness (QED) is 0.620. The number of rotatable bonds is 2. The van der Waals surface area contributed by atoms with Crippen LogP contribution in [-0.4, -0.2) is 26.1 Å². The molecule has 6 nitrogen and oxygen atoms in total. The molecule has 1 amide bonds. The summed E-state index contributed by atoms with van der Waals surface area (Å²) in [7, 11) is 0. The highest BCUT2D eigenvalue weighted by Crippen LogP contribution is 2.01. The maximum Gasteiger partial charge on any atom is 0.274 e. The molecular formula is C7H7N5O. The van der Waals surface area contributed by atoms with E-state index in [9.17, 15) is 4.79 Å². The van der Waals surface area contributed by atoms with Crippen molar-refractivity contribution in [2.45, 2.75) is 0 Å². The third-order valence-electron chi connectivity index (χ3n) is 1.49. The molecule has 0 saturated heterocycles. The van der Waals surface area contributed by atoms with Gasteiger partial charge in [-0.15, -0.1) is 0 Å². The Balaban J connectivity index is 2.08. The summed E-state index contributed by atoms with van der Waals surface area (Å²) < 4.78 is 0. The van der Waals surface area contributed by atoms with Crippen molar-refractivity contribution in [3.8, 4) is 0 Å². The van der Waals surface area contributed by atoms with Gasteiger partial charge in [0.15, 0.2) is 0 Å². The van der Waals surface area contributed by atoms with E-state index in [-0.39, 0.29) is 5.91 Å². The van der Waals surface area contributed by atoms with Crippen LogP contribution in [0, 0.1) is 0 Å². The van der Waals surface area contributed by atoms with Crippen molar-refractivity contribution in [1.82, 2.24) is 20.2 Å². The molecule has 2 heterocycles. The highest BCUT2D eigenvalue weighted by atomic mass is 16.2. The van der Waals surface area contributed by atoms with Crippen LogP contribution in [0.25, 0.3) is 0 Å². The van der Waals surface area contributed by atoms with Crippen molar-refractivity contribution in [3.63, 3.8) is 0 Å². The van der Waals surface area contributed by atoms with Gasteiger partial charge in [0.2, 0.25) is 0 Å². The summed E-state index contributed by atoms with van der Waals surface area (Å²) >= 11 is 0. The molecule has 0 saturated carbocycles. The Hall–Kier alpha value is -2.11. The molecule has 0 unspecified atom stereocenters. The second-order valence-electron chi connectivity index (χ2n) is 2.39. The molecule has 2 aromatic rings. The van der Waals surface area contributed by atoms with Gasteiger partial charge in [-0.1, -0.05) is 0 Å². The molecule has 0 bridgehead atoms. The number of amides is 1. The molecule has 0 aliphatic carbocycles. The first-order valence-corrected chi connectivity index (χ1v) is 3.65. The van der Waals surface area contributed by atoms with E-state index in [1.807, 2.05) is 0 Å². The molecule has 0 spiro atoms. The van der Waals surface area contributed by atoms with Gasteiger partial charge in [0.1, 0.15) is 11.5 Å². The monoisotopic (exact) mass is 177 g/mol. The summed E-state index contributed by atoms with van der Waals surface area (Å²) in [6.45, 7) is 0. The largest absolute Gasteiger partial charge is 0.331 e. The van der Waals surface area contributed by atoms with Crippen LogP contribution in [-0.2, 0) is 0 Å². The third-order valence-corrected chi connectivity index (χ3v) is 1.49. The van der Waals surface area contributed by atoms with E-state index >= 15 is 0 Å². The molecule has 66 valence electrons. The predicted molar refractivity (Wildman–Crippen MR) is 45.1 cm³/mol. The van der Waals surface area contributed by atoms with Crippen molar-refractivity contribution < 1.29 is 4.79 Å². The van der Waals surface area contributed by atoms with Gasteiger partial charge in [-0.25, -0.2) is 4.98 Å². The normalized spacial score (nSPS) is 9.85. The summed E-state index contributed by atoms with van der Waals surface area (Å²) in [5.74, 6) is 0.307. The van der Waals surface area contributed by atoms with Crippen LogP contribution >= 0.6 is 0 Å². The van der Waals surface area contributed by atoms with E-state index in [1.54, 1.807) is 6.07 Å². The Kier molecular flexibility index (Phi) is 1.79. The first kappa shape index (κ1) is 7.53. The van der Waals surface area contributed by atoms with E-state index in [4.69, 9.17) is 0 Å². The molecular weight excluding hydrogens is 170 g/mol. The topological polar surface area (TPSA) is 86.5 Å². The van der Waals surface area contributed by atoms with E-state index < -0.39 is 0 Å². The Labute approximate surface area is 73.4 Å². The lowest BCUT2D eigenvalue weighted by Gasteiger charge is -1.97. The Morgan fingerprint density at radius 3 is 3.08 bits per heavy atom. The standard InChI is InChI=1S/C7H7N5O/c13-7(5-1-2-10-12-5)11-6-3-8-4-9-6/h1-4H,(H,8,9)(H,10,12)(H,11,13). The van der Waals surface area contributed by atoms with E-state index in [0.29, 0.717) is 11.5 Å². The van der Waals surface area contributed by atoms with Gasteiger partial charge in [0.25, 0.3) is 5.91 Å². The fraction of sp³-hybridized carbons (Fsp3) is 0. The van der Waals surface area contributed by atoms with E-state index in [1.165, 1.54) is 18.7 Å². The zero-order valence-electron chi connectivity index (χ0n) is 6.61. The lowest BCUT2D eigenvalue weighted by Crippen LogP contribution is -2.12. The second kappa shape index (κ2) is 3.10. The summed E-state index contributed by atoms with van der Waals surface area (Å²) in [6.07, 6.45) is 4.53. The highest BCUT2D eigenvalue weighted by molar-refractivity contribution is 6.02. The van der Waals surface area contributed by atoms with Crippen LogP contribution < -0.4 is 5.32 Å². The molecule has 2 aromatic heterocycles. The van der Waals surface area contributed by atoms with E-state index in [2.05, 4.69) is 25.5 Å². The molecule has 2 rings (SSSR count). The number of nitrogens with one attached hydrogen (secondary N) is 3. The van der Waals surface area contributed by atoms with Gasteiger partial charge in [0.05, 0.1) is 12.5 Å². The van der Waals surface area contributed by atoms with Crippen molar-refractivity contribution in [2.75, 3.05) is 5.32 Å². The average Bonchev–Trinajstić information content (AvgIpc) is 2.74. The van der Waals surface area contributed by atoms with Gasteiger partial charge >= 0.3 is 0 Å². The van der Waals surface area contributed by atoms with Gasteiger partial charge in [-0.05, 0) is 6.07 Å². The molecule has 3 N–H and O–H groups in total. The number of hydrogen-bond donors (Lipinski definition) is 3. The summed E-state index contributed by atoms with van der Waals surface area (Å²) in [4.78, 5) is 17.9. The minimum atomic E-state index is -0.248. The first-order chi connectivity index (χ1) is 6.36. The van der Waals surface area contributed by atoms with Crippen molar-refractivity contribution >= 4 is 11.7 Å². The third kappa shape index (κ3) is 1.56. The average molecular weight is 177 g/mol. The van der Waals surface area contributed by atoms with E-state index in [0.717, 1.165) is 0 Å². The maximum absolute atomic E-state index is 11.3. The fourth-order valence-corrected chi connectivity index (χ4v) is 0.896. The van der Waals surface area contributed by atoms with Crippen LogP contribution in [0.1, 0.15) is 10.5 Å². The van der Waals surface area contributed by atoms with Crippen LogP contribution in [0.15, 0.2) is 24.8 Å². The smallest absolute Gasteiger partial charge is 0.274 e. The summed E-state index contributed by atoms with van der Waals surface area (Å²) in [5, 5.41) is 8.81. The molecule has 6 heteroatoms. The fourth-order valence-electron chi connectivity index (χ4n) is 0.896. The second-order valence-corrected chi connectivity index (χ2v) is 2.39. The van der Waals surface area contributed by atoms with Crippen LogP contribution in [0.3, 0.4) is 0 Å². The number of aromatic nitrogens is 4. The van der Waals surface area contributed by atoms with Gasteiger partial charge in [-0.3, -0.25) is 9.89 Å². The van der Waals surface area contributed by atoms with Gasteiger partial charge in [-0.2, -0.15) is 5.10 Å². The minimum Gasteiger partial charge on any atom is -0.331 e. The molecule has 0 fully saturated rings. The minimum absolute atomic E-state index is 0.248. The van der Waals surface area contributed by atoms with Crippen molar-refractivity contribution in [2.24, 2.45) is 0 Å². The number of aromatic amines is 2. The zero-order valence-corrected chi connectivity index (χ0v) is 6.61. The number of nitrogens with zero attached hydrogens (tertiary/aromatic N) is 2. The SMILES string of the molecule is O=C(Nc1cnc[nH]1)c1ccn[nH]1. The van der Waals surface area contributed by atoms with Crippen molar-refractivity contribution in [3.05, 3.63) is 30.5 Å². The molecule has 0 aliphatic heterocycles. The van der Waals surface area contributed by atoms with Gasteiger partial charge in [0, 0.05) is 6.20 Å². The zero-order chi connectivity index (χ0) is 9.10. The first-order valence-electron chi connectivity index (χ1n) is 3.65. The summed E-state index contributed by atoms with van der Waals surface area (Å²) in [5.41, 5.74) is 0.412. The number of anilines is 1.